The summed E-state index contributed by atoms with van der Waals surface area (Å²) in [5, 5.41) is 1.86. The molecule has 0 unspecified atom stereocenters. The summed E-state index contributed by atoms with van der Waals surface area (Å²) in [5.74, 6) is 0.0336. The highest BCUT2D eigenvalue weighted by atomic mass is 32.2. The molecule has 1 saturated heterocycles. The first-order chi connectivity index (χ1) is 9.46. The first-order valence-corrected chi connectivity index (χ1v) is 9.04. The Hall–Kier alpha value is -0.760. The number of hydrogen-bond acceptors (Lipinski definition) is 4. The second kappa shape index (κ2) is 6.34. The Morgan fingerprint density at radius 3 is 2.90 bits per heavy atom. The fraction of sp³-hybridized carbons (Fsp3) is 0.615. The molecule has 1 aromatic heterocycles. The highest BCUT2D eigenvalue weighted by molar-refractivity contribution is 7.86. The van der Waals surface area contributed by atoms with Crippen LogP contribution in [0.25, 0.3) is 0 Å². The van der Waals surface area contributed by atoms with Gasteiger partial charge in [0.15, 0.2) is 5.78 Å². The van der Waals surface area contributed by atoms with E-state index in [0.29, 0.717) is 18.0 Å². The number of ketones is 1. The number of carbonyl (C=O) groups excluding carboxylic acids is 1. The van der Waals surface area contributed by atoms with Gasteiger partial charge in [-0.25, -0.2) is 0 Å². The molecule has 7 heteroatoms. The van der Waals surface area contributed by atoms with Crippen molar-refractivity contribution in [2.24, 2.45) is 0 Å². The van der Waals surface area contributed by atoms with E-state index in [2.05, 4.69) is 0 Å². The zero-order valence-electron chi connectivity index (χ0n) is 11.8. The number of thiophene rings is 1. The van der Waals surface area contributed by atoms with Crippen LogP contribution in [0.15, 0.2) is 17.5 Å². The molecule has 0 aliphatic carbocycles. The van der Waals surface area contributed by atoms with Crippen molar-refractivity contribution in [3.8, 4) is 0 Å². The van der Waals surface area contributed by atoms with E-state index in [1.807, 2.05) is 11.4 Å². The molecule has 5 nitrogen and oxygen atoms in total. The number of Topliss-reactive ketones (excluding diaryl/α,β-unsaturated/α-hetero) is 1. The third kappa shape index (κ3) is 3.11. The Labute approximate surface area is 124 Å². The summed E-state index contributed by atoms with van der Waals surface area (Å²) >= 11 is 1.41. The molecule has 0 radical (unpaired) electrons. The molecule has 112 valence electrons. The van der Waals surface area contributed by atoms with E-state index in [0.717, 1.165) is 12.8 Å². The second-order valence-corrected chi connectivity index (χ2v) is 7.87. The zero-order chi connectivity index (χ0) is 14.8. The van der Waals surface area contributed by atoms with Gasteiger partial charge in [-0.05, 0) is 24.3 Å². The Morgan fingerprint density at radius 1 is 1.55 bits per heavy atom. The van der Waals surface area contributed by atoms with Gasteiger partial charge in [-0.1, -0.05) is 13.0 Å². The number of rotatable bonds is 6. The van der Waals surface area contributed by atoms with Gasteiger partial charge in [0.2, 0.25) is 0 Å². The van der Waals surface area contributed by atoms with Crippen molar-refractivity contribution in [2.75, 3.05) is 20.1 Å². The van der Waals surface area contributed by atoms with Gasteiger partial charge in [0.25, 0.3) is 10.2 Å². The summed E-state index contributed by atoms with van der Waals surface area (Å²) in [7, 11) is -1.86. The van der Waals surface area contributed by atoms with E-state index < -0.39 is 10.2 Å². The summed E-state index contributed by atoms with van der Waals surface area (Å²) in [6, 6.07) is 3.42. The Bertz CT molecular complexity index is 554. The summed E-state index contributed by atoms with van der Waals surface area (Å²) in [4.78, 5) is 12.9. The summed E-state index contributed by atoms with van der Waals surface area (Å²) in [6.45, 7) is 2.75. The molecule has 2 rings (SSSR count). The molecule has 0 spiro atoms. The van der Waals surface area contributed by atoms with E-state index >= 15 is 0 Å². The molecule has 1 aliphatic rings. The topological polar surface area (TPSA) is 57.7 Å². The summed E-state index contributed by atoms with van der Waals surface area (Å²) in [5.41, 5.74) is 0. The van der Waals surface area contributed by atoms with Gasteiger partial charge in [0.1, 0.15) is 0 Å². The number of carbonyl (C=O) groups is 1. The molecule has 0 amide bonds. The first kappa shape index (κ1) is 15.6. The number of hydrogen-bond donors (Lipinski definition) is 0. The fourth-order valence-electron chi connectivity index (χ4n) is 2.41. The van der Waals surface area contributed by atoms with Crippen LogP contribution in [0.3, 0.4) is 0 Å². The smallest absolute Gasteiger partial charge is 0.281 e. The highest BCUT2D eigenvalue weighted by Crippen LogP contribution is 2.26. The van der Waals surface area contributed by atoms with Gasteiger partial charge in [-0.3, -0.25) is 4.79 Å². The van der Waals surface area contributed by atoms with Gasteiger partial charge < -0.3 is 0 Å². The van der Waals surface area contributed by atoms with Crippen LogP contribution in [-0.4, -0.2) is 49.0 Å². The van der Waals surface area contributed by atoms with E-state index in [1.54, 1.807) is 20.0 Å². The molecule has 0 bridgehead atoms. The molecule has 1 fully saturated rings. The predicted octanol–water partition coefficient (Wildman–Crippen LogP) is 1.98. The van der Waals surface area contributed by atoms with Crippen LogP contribution in [0.2, 0.25) is 0 Å². The van der Waals surface area contributed by atoms with Gasteiger partial charge in [-0.15, -0.1) is 11.3 Å². The van der Waals surface area contributed by atoms with Crippen molar-refractivity contribution in [1.82, 2.24) is 8.61 Å². The maximum Gasteiger partial charge on any atom is 0.281 e. The van der Waals surface area contributed by atoms with E-state index in [9.17, 15) is 13.2 Å². The normalized spacial score (nSPS) is 20.6. The molecule has 0 saturated carbocycles. The van der Waals surface area contributed by atoms with E-state index in [1.165, 1.54) is 19.9 Å². The van der Waals surface area contributed by atoms with Crippen LogP contribution < -0.4 is 0 Å². The van der Waals surface area contributed by atoms with Crippen LogP contribution in [-0.2, 0) is 10.2 Å². The largest absolute Gasteiger partial charge is 0.293 e. The lowest BCUT2D eigenvalue weighted by Gasteiger charge is -2.27. The minimum absolute atomic E-state index is 0.0336. The van der Waals surface area contributed by atoms with Crippen molar-refractivity contribution in [3.63, 3.8) is 0 Å². The monoisotopic (exact) mass is 316 g/mol. The lowest BCUT2D eigenvalue weighted by Crippen LogP contribution is -2.44. The maximum absolute atomic E-state index is 12.4. The lowest BCUT2D eigenvalue weighted by atomic mass is 10.1. The quantitative estimate of drug-likeness (QED) is 0.754. The Kier molecular flexibility index (Phi) is 4.95. The van der Waals surface area contributed by atoms with Crippen LogP contribution in [0.4, 0.5) is 0 Å². The second-order valence-electron chi connectivity index (χ2n) is 4.93. The van der Waals surface area contributed by atoms with Gasteiger partial charge in [0, 0.05) is 32.6 Å². The molecule has 2 heterocycles. The molecular formula is C13H20N2O3S2. The molecular weight excluding hydrogens is 296 g/mol. The lowest BCUT2D eigenvalue weighted by molar-refractivity contribution is 0.0964. The van der Waals surface area contributed by atoms with E-state index in [-0.39, 0.29) is 18.2 Å². The highest BCUT2D eigenvalue weighted by Gasteiger charge is 2.37. The summed E-state index contributed by atoms with van der Waals surface area (Å²) in [6.07, 6.45) is 1.85. The first-order valence-electron chi connectivity index (χ1n) is 6.76. The molecule has 0 aromatic carbocycles. The van der Waals surface area contributed by atoms with Crippen LogP contribution >= 0.6 is 11.3 Å². The third-order valence-corrected chi connectivity index (χ3v) is 6.71. The van der Waals surface area contributed by atoms with Crippen LogP contribution in [0.1, 0.15) is 35.9 Å². The van der Waals surface area contributed by atoms with Gasteiger partial charge in [-0.2, -0.15) is 17.0 Å². The Balaban J connectivity index is 2.10. The van der Waals surface area contributed by atoms with Crippen molar-refractivity contribution in [2.45, 2.75) is 32.2 Å². The van der Waals surface area contributed by atoms with Crippen LogP contribution in [0, 0.1) is 0 Å². The summed E-state index contributed by atoms with van der Waals surface area (Å²) < 4.78 is 27.6. The predicted molar refractivity (Wildman–Crippen MR) is 80.2 cm³/mol. The average Bonchev–Trinajstić information content (AvgIpc) is 3.08. The standard InChI is InChI=1S/C13H20N2O3S2/c1-3-14(2)20(17,18)15-8-4-6-11(15)10-12(16)13-7-5-9-19-13/h5,7,9,11H,3-4,6,8,10H2,1-2H3/t11-/m0/s1. The van der Waals surface area contributed by atoms with Crippen molar-refractivity contribution >= 4 is 27.3 Å². The van der Waals surface area contributed by atoms with Crippen LogP contribution in [0.5, 0.6) is 0 Å². The molecule has 1 atom stereocenters. The maximum atomic E-state index is 12.4. The van der Waals surface area contributed by atoms with Crippen molar-refractivity contribution in [3.05, 3.63) is 22.4 Å². The van der Waals surface area contributed by atoms with Gasteiger partial charge >= 0.3 is 0 Å². The molecule has 0 N–H and O–H groups in total. The average molecular weight is 316 g/mol. The third-order valence-electron chi connectivity index (χ3n) is 3.68. The van der Waals surface area contributed by atoms with Gasteiger partial charge in [0.05, 0.1) is 4.88 Å². The fourth-order valence-corrected chi connectivity index (χ4v) is 4.69. The van der Waals surface area contributed by atoms with Crippen molar-refractivity contribution in [1.29, 1.82) is 0 Å². The number of nitrogens with zero attached hydrogens (tertiary/aromatic N) is 2. The molecule has 20 heavy (non-hydrogen) atoms. The molecule has 1 aliphatic heterocycles. The van der Waals surface area contributed by atoms with Crippen molar-refractivity contribution < 1.29 is 13.2 Å². The zero-order valence-corrected chi connectivity index (χ0v) is 13.4. The SMILES string of the molecule is CCN(C)S(=O)(=O)N1CCC[C@H]1CC(=O)c1cccs1. The molecule has 1 aromatic rings. The van der Waals surface area contributed by atoms with E-state index in [4.69, 9.17) is 0 Å². The minimum Gasteiger partial charge on any atom is -0.293 e. The minimum atomic E-state index is -3.43. The Morgan fingerprint density at radius 2 is 2.30 bits per heavy atom.